The van der Waals surface area contributed by atoms with Crippen molar-refractivity contribution < 1.29 is 18.1 Å². The van der Waals surface area contributed by atoms with Crippen molar-refractivity contribution >= 4 is 48.3 Å². The SMILES string of the molecule is CC1CCCN(S(=O)(=O)c2ccc(C(=O)Nc3nc4ccc([N+](=O)[O-])cc4s3)cc2)C1. The van der Waals surface area contributed by atoms with Crippen LogP contribution in [-0.2, 0) is 10.0 Å². The minimum absolute atomic E-state index is 0.0473. The van der Waals surface area contributed by atoms with E-state index >= 15 is 0 Å². The maximum Gasteiger partial charge on any atom is 0.270 e. The lowest BCUT2D eigenvalue weighted by molar-refractivity contribution is -0.384. The molecule has 1 aliphatic rings. The van der Waals surface area contributed by atoms with Crippen molar-refractivity contribution in [3.63, 3.8) is 0 Å². The Balaban J connectivity index is 1.49. The zero-order valence-corrected chi connectivity index (χ0v) is 18.3. The molecule has 3 aromatic rings. The number of rotatable bonds is 5. The second-order valence-electron chi connectivity index (χ2n) is 7.52. The second kappa shape index (κ2) is 8.33. The van der Waals surface area contributed by atoms with Gasteiger partial charge in [-0.2, -0.15) is 4.31 Å². The smallest absolute Gasteiger partial charge is 0.270 e. The van der Waals surface area contributed by atoms with Crippen LogP contribution >= 0.6 is 11.3 Å². The number of benzene rings is 2. The summed E-state index contributed by atoms with van der Waals surface area (Å²) in [7, 11) is -3.59. The third-order valence-electron chi connectivity index (χ3n) is 5.18. The highest BCUT2D eigenvalue weighted by molar-refractivity contribution is 7.89. The van der Waals surface area contributed by atoms with Crippen LogP contribution in [0.3, 0.4) is 0 Å². The van der Waals surface area contributed by atoms with E-state index in [1.807, 2.05) is 6.92 Å². The van der Waals surface area contributed by atoms with E-state index in [2.05, 4.69) is 10.3 Å². The average molecular weight is 461 g/mol. The van der Waals surface area contributed by atoms with E-state index in [9.17, 15) is 23.3 Å². The number of non-ortho nitro benzene ring substituents is 1. The Morgan fingerprint density at radius 1 is 1.26 bits per heavy atom. The molecule has 31 heavy (non-hydrogen) atoms. The van der Waals surface area contributed by atoms with E-state index in [0.717, 1.165) is 24.2 Å². The lowest BCUT2D eigenvalue weighted by atomic mass is 10.0. The van der Waals surface area contributed by atoms with Crippen LogP contribution in [0.25, 0.3) is 10.2 Å². The highest BCUT2D eigenvalue weighted by Gasteiger charge is 2.28. The van der Waals surface area contributed by atoms with Crippen molar-refractivity contribution in [3.8, 4) is 0 Å². The van der Waals surface area contributed by atoms with Crippen LogP contribution in [0.1, 0.15) is 30.1 Å². The topological polar surface area (TPSA) is 123 Å². The van der Waals surface area contributed by atoms with Crippen LogP contribution in [0.15, 0.2) is 47.4 Å². The number of sulfonamides is 1. The molecule has 1 saturated heterocycles. The van der Waals surface area contributed by atoms with Gasteiger partial charge in [0.15, 0.2) is 5.13 Å². The van der Waals surface area contributed by atoms with Crippen LogP contribution in [0.2, 0.25) is 0 Å². The molecule has 1 unspecified atom stereocenters. The maximum atomic E-state index is 12.8. The van der Waals surface area contributed by atoms with Gasteiger partial charge in [0.25, 0.3) is 11.6 Å². The molecule has 0 saturated carbocycles. The van der Waals surface area contributed by atoms with Gasteiger partial charge in [-0.3, -0.25) is 20.2 Å². The van der Waals surface area contributed by atoms with Crippen molar-refractivity contribution in [1.29, 1.82) is 0 Å². The number of carbonyl (C=O) groups is 1. The lowest BCUT2D eigenvalue weighted by Gasteiger charge is -2.30. The van der Waals surface area contributed by atoms with Crippen LogP contribution in [0.5, 0.6) is 0 Å². The molecular formula is C20H20N4O5S2. The van der Waals surface area contributed by atoms with Gasteiger partial charge in [-0.1, -0.05) is 18.3 Å². The number of nitrogens with one attached hydrogen (secondary N) is 1. The van der Waals surface area contributed by atoms with Crippen molar-refractivity contribution in [2.75, 3.05) is 18.4 Å². The summed E-state index contributed by atoms with van der Waals surface area (Å²) in [6, 6.07) is 10.1. The molecule has 11 heteroatoms. The summed E-state index contributed by atoms with van der Waals surface area (Å²) in [5.74, 6) is -0.118. The zero-order valence-electron chi connectivity index (χ0n) is 16.6. The van der Waals surface area contributed by atoms with Crippen molar-refractivity contribution in [2.24, 2.45) is 5.92 Å². The summed E-state index contributed by atoms with van der Waals surface area (Å²) in [5.41, 5.74) is 0.785. The Hall–Kier alpha value is -2.89. The zero-order chi connectivity index (χ0) is 22.2. The number of fused-ring (bicyclic) bond motifs is 1. The molecule has 1 amide bonds. The highest BCUT2D eigenvalue weighted by atomic mass is 32.2. The van der Waals surface area contributed by atoms with E-state index in [1.165, 1.54) is 46.8 Å². The van der Waals surface area contributed by atoms with Gasteiger partial charge in [-0.15, -0.1) is 0 Å². The average Bonchev–Trinajstić information content (AvgIpc) is 3.15. The number of anilines is 1. The fourth-order valence-corrected chi connectivity index (χ4v) is 6.03. The number of nitro benzene ring substituents is 1. The summed E-state index contributed by atoms with van der Waals surface area (Å²) in [6.45, 7) is 3.04. The third-order valence-corrected chi connectivity index (χ3v) is 7.99. The quantitative estimate of drug-likeness (QED) is 0.455. The van der Waals surface area contributed by atoms with Crippen molar-refractivity contribution in [2.45, 2.75) is 24.7 Å². The van der Waals surface area contributed by atoms with E-state index in [-0.39, 0.29) is 16.1 Å². The molecule has 1 aromatic heterocycles. The Kier molecular flexibility index (Phi) is 5.73. The first kappa shape index (κ1) is 21.3. The summed E-state index contributed by atoms with van der Waals surface area (Å²) < 4.78 is 27.8. The monoisotopic (exact) mass is 460 g/mol. The van der Waals surface area contributed by atoms with Crippen LogP contribution < -0.4 is 5.32 Å². The molecule has 0 radical (unpaired) electrons. The number of thiazole rings is 1. The molecule has 162 valence electrons. The summed E-state index contributed by atoms with van der Waals surface area (Å²) in [5, 5.41) is 13.9. The molecule has 9 nitrogen and oxygen atoms in total. The van der Waals surface area contributed by atoms with Gasteiger partial charge in [-0.25, -0.2) is 13.4 Å². The first-order valence-electron chi connectivity index (χ1n) is 9.70. The van der Waals surface area contributed by atoms with Gasteiger partial charge in [0.2, 0.25) is 10.0 Å². The number of piperidine rings is 1. The van der Waals surface area contributed by atoms with Crippen molar-refractivity contribution in [3.05, 3.63) is 58.1 Å². The van der Waals surface area contributed by atoms with E-state index in [0.29, 0.717) is 34.4 Å². The Morgan fingerprint density at radius 3 is 2.68 bits per heavy atom. The molecular weight excluding hydrogens is 440 g/mol. The first-order chi connectivity index (χ1) is 14.7. The van der Waals surface area contributed by atoms with Gasteiger partial charge >= 0.3 is 0 Å². The minimum atomic E-state index is -3.59. The molecule has 1 N–H and O–H groups in total. The normalized spacial score (nSPS) is 17.5. The van der Waals surface area contributed by atoms with Gasteiger partial charge in [-0.05, 0) is 49.1 Å². The molecule has 2 aromatic carbocycles. The lowest BCUT2D eigenvalue weighted by Crippen LogP contribution is -2.39. The molecule has 1 fully saturated rings. The van der Waals surface area contributed by atoms with Gasteiger partial charge in [0, 0.05) is 30.8 Å². The van der Waals surface area contributed by atoms with Crippen LogP contribution in [0, 0.1) is 16.0 Å². The predicted molar refractivity (Wildman–Crippen MR) is 118 cm³/mol. The number of amides is 1. The first-order valence-corrected chi connectivity index (χ1v) is 12.0. The molecule has 4 rings (SSSR count). The molecule has 0 bridgehead atoms. The fourth-order valence-electron chi connectivity index (χ4n) is 3.54. The van der Waals surface area contributed by atoms with E-state index in [1.54, 1.807) is 0 Å². The number of aromatic nitrogens is 1. The fraction of sp³-hybridized carbons (Fsp3) is 0.300. The number of hydrogen-bond donors (Lipinski definition) is 1. The summed E-state index contributed by atoms with van der Waals surface area (Å²) in [6.07, 6.45) is 1.86. The number of nitro groups is 1. The van der Waals surface area contributed by atoms with Gasteiger partial charge < -0.3 is 0 Å². The number of carbonyl (C=O) groups excluding carboxylic acids is 1. The maximum absolute atomic E-state index is 12.8. The molecule has 0 spiro atoms. The minimum Gasteiger partial charge on any atom is -0.298 e. The van der Waals surface area contributed by atoms with Gasteiger partial charge in [0.05, 0.1) is 20.0 Å². The predicted octanol–water partition coefficient (Wildman–Crippen LogP) is 3.88. The Bertz CT molecular complexity index is 1250. The largest absolute Gasteiger partial charge is 0.298 e. The molecule has 0 aliphatic carbocycles. The Morgan fingerprint density at radius 2 is 2.00 bits per heavy atom. The second-order valence-corrected chi connectivity index (χ2v) is 10.5. The molecule has 1 atom stereocenters. The number of hydrogen-bond acceptors (Lipinski definition) is 7. The third kappa shape index (κ3) is 4.43. The Labute approximate surface area is 182 Å². The molecule has 2 heterocycles. The van der Waals surface area contributed by atoms with Crippen molar-refractivity contribution in [1.82, 2.24) is 9.29 Å². The standard InChI is InChI=1S/C20H20N4O5S2/c1-13-3-2-10-23(12-13)31(28,29)16-7-4-14(5-8-16)19(25)22-20-21-17-9-6-15(24(26)27)11-18(17)30-20/h4-9,11,13H,2-3,10,12H2,1H3,(H,21,22,25). The molecule has 1 aliphatic heterocycles. The van der Waals surface area contributed by atoms with Crippen LogP contribution in [-0.4, -0.2) is 41.6 Å². The van der Waals surface area contributed by atoms with E-state index in [4.69, 9.17) is 0 Å². The van der Waals surface area contributed by atoms with E-state index < -0.39 is 20.9 Å². The summed E-state index contributed by atoms with van der Waals surface area (Å²) >= 11 is 1.13. The number of nitrogens with zero attached hydrogens (tertiary/aromatic N) is 3. The summed E-state index contributed by atoms with van der Waals surface area (Å²) in [4.78, 5) is 27.4. The highest BCUT2D eigenvalue weighted by Crippen LogP contribution is 2.29. The van der Waals surface area contributed by atoms with Crippen LogP contribution in [0.4, 0.5) is 10.8 Å². The van der Waals surface area contributed by atoms with Gasteiger partial charge in [0.1, 0.15) is 0 Å².